The van der Waals surface area contributed by atoms with Gasteiger partial charge in [0.1, 0.15) is 5.69 Å². The Morgan fingerprint density at radius 1 is 1.62 bits per heavy atom. The molecule has 0 saturated heterocycles. The van der Waals surface area contributed by atoms with Crippen molar-refractivity contribution in [1.82, 2.24) is 20.0 Å². The molecular weight excluding hydrogens is 208 g/mol. The highest BCUT2D eigenvalue weighted by molar-refractivity contribution is 6.05. The summed E-state index contributed by atoms with van der Waals surface area (Å²) in [4.78, 5) is 11.8. The molecule has 7 nitrogen and oxygen atoms in total. The standard InChI is InChI=1S/C9H12N6O/c1-5-3-7(14-13-5)12-9(16)8-6(10)4-11-15(8)2/h3-4H,10H2,1-2H3,(H2,12,13,14,16). The fourth-order valence-corrected chi connectivity index (χ4v) is 1.39. The normalized spacial score (nSPS) is 10.4. The van der Waals surface area contributed by atoms with Crippen LogP contribution in [-0.4, -0.2) is 25.9 Å². The number of nitrogens with zero attached hydrogens (tertiary/aromatic N) is 3. The minimum atomic E-state index is -0.330. The third-order valence-electron chi connectivity index (χ3n) is 2.13. The minimum Gasteiger partial charge on any atom is -0.396 e. The number of aromatic amines is 1. The van der Waals surface area contributed by atoms with Crippen LogP contribution in [0.3, 0.4) is 0 Å². The molecule has 84 valence electrons. The Hall–Kier alpha value is -2.31. The van der Waals surface area contributed by atoms with E-state index in [4.69, 9.17) is 5.73 Å². The lowest BCUT2D eigenvalue weighted by Crippen LogP contribution is -2.17. The molecule has 0 atom stereocenters. The van der Waals surface area contributed by atoms with Crippen molar-refractivity contribution < 1.29 is 4.79 Å². The summed E-state index contributed by atoms with van der Waals surface area (Å²) in [6.45, 7) is 1.85. The van der Waals surface area contributed by atoms with Crippen LogP contribution >= 0.6 is 0 Å². The topological polar surface area (TPSA) is 102 Å². The summed E-state index contributed by atoms with van der Waals surface area (Å²) >= 11 is 0. The van der Waals surface area contributed by atoms with E-state index in [1.807, 2.05) is 6.92 Å². The Morgan fingerprint density at radius 3 is 2.88 bits per heavy atom. The molecule has 0 aliphatic carbocycles. The van der Waals surface area contributed by atoms with Crippen molar-refractivity contribution in [2.45, 2.75) is 6.92 Å². The number of nitrogen functional groups attached to an aromatic ring is 1. The molecule has 2 rings (SSSR count). The van der Waals surface area contributed by atoms with E-state index in [2.05, 4.69) is 20.6 Å². The van der Waals surface area contributed by atoms with Gasteiger partial charge >= 0.3 is 0 Å². The van der Waals surface area contributed by atoms with Crippen LogP contribution in [0.25, 0.3) is 0 Å². The Labute approximate surface area is 91.6 Å². The number of hydrogen-bond donors (Lipinski definition) is 3. The second-order valence-corrected chi connectivity index (χ2v) is 3.46. The number of anilines is 2. The van der Waals surface area contributed by atoms with Gasteiger partial charge in [-0.3, -0.25) is 14.6 Å². The molecule has 0 aliphatic rings. The number of H-pyrrole nitrogens is 1. The largest absolute Gasteiger partial charge is 0.396 e. The van der Waals surface area contributed by atoms with Gasteiger partial charge in [-0.2, -0.15) is 10.2 Å². The van der Waals surface area contributed by atoms with Crippen molar-refractivity contribution >= 4 is 17.4 Å². The molecule has 2 aromatic heterocycles. The summed E-state index contributed by atoms with van der Waals surface area (Å²) < 4.78 is 1.42. The molecule has 0 unspecified atom stereocenters. The molecule has 2 heterocycles. The molecule has 7 heteroatoms. The van der Waals surface area contributed by atoms with E-state index in [9.17, 15) is 4.79 Å². The van der Waals surface area contributed by atoms with E-state index in [0.29, 0.717) is 17.2 Å². The number of rotatable bonds is 2. The zero-order valence-corrected chi connectivity index (χ0v) is 8.98. The summed E-state index contributed by atoms with van der Waals surface area (Å²) in [6, 6.07) is 1.73. The quantitative estimate of drug-likeness (QED) is 0.676. The highest BCUT2D eigenvalue weighted by atomic mass is 16.2. The number of aryl methyl sites for hydroxylation is 2. The molecule has 0 aliphatic heterocycles. The van der Waals surface area contributed by atoms with Gasteiger partial charge < -0.3 is 11.1 Å². The van der Waals surface area contributed by atoms with Crippen LogP contribution in [0.1, 0.15) is 16.2 Å². The van der Waals surface area contributed by atoms with Crippen LogP contribution in [0.4, 0.5) is 11.5 Å². The first-order chi connectivity index (χ1) is 7.58. The molecule has 0 bridgehead atoms. The first-order valence-electron chi connectivity index (χ1n) is 4.69. The average Bonchev–Trinajstić information content (AvgIpc) is 2.74. The Morgan fingerprint density at radius 2 is 2.38 bits per heavy atom. The zero-order chi connectivity index (χ0) is 11.7. The van der Waals surface area contributed by atoms with E-state index in [1.165, 1.54) is 10.9 Å². The molecule has 0 aromatic carbocycles. The van der Waals surface area contributed by atoms with Gasteiger partial charge in [0.2, 0.25) is 0 Å². The van der Waals surface area contributed by atoms with Gasteiger partial charge in [0.25, 0.3) is 5.91 Å². The first kappa shape index (κ1) is 10.2. The first-order valence-corrected chi connectivity index (χ1v) is 4.69. The summed E-state index contributed by atoms with van der Waals surface area (Å²) in [5.41, 5.74) is 7.16. The van der Waals surface area contributed by atoms with Crippen LogP contribution in [-0.2, 0) is 7.05 Å². The van der Waals surface area contributed by atoms with Crippen LogP contribution < -0.4 is 11.1 Å². The lowest BCUT2D eigenvalue weighted by Gasteiger charge is -2.02. The Bertz CT molecular complexity index is 506. The summed E-state index contributed by atoms with van der Waals surface area (Å²) in [5, 5.41) is 13.1. The minimum absolute atomic E-state index is 0.320. The van der Waals surface area contributed by atoms with Crippen molar-refractivity contribution in [2.75, 3.05) is 11.1 Å². The Kier molecular flexibility index (Phi) is 2.35. The number of amides is 1. The molecule has 0 saturated carbocycles. The number of carbonyl (C=O) groups is 1. The third kappa shape index (κ3) is 1.74. The van der Waals surface area contributed by atoms with E-state index in [1.54, 1.807) is 13.1 Å². The maximum atomic E-state index is 11.8. The van der Waals surface area contributed by atoms with Crippen molar-refractivity contribution in [3.05, 3.63) is 23.7 Å². The van der Waals surface area contributed by atoms with E-state index < -0.39 is 0 Å². The maximum absolute atomic E-state index is 11.8. The highest BCUT2D eigenvalue weighted by Gasteiger charge is 2.15. The fraction of sp³-hybridized carbons (Fsp3) is 0.222. The number of nitrogens with two attached hydrogens (primary N) is 1. The second kappa shape index (κ2) is 3.69. The molecule has 0 spiro atoms. The number of hydrogen-bond acceptors (Lipinski definition) is 4. The highest BCUT2D eigenvalue weighted by Crippen LogP contribution is 2.12. The SMILES string of the molecule is Cc1cc(NC(=O)c2c(N)cnn2C)n[nH]1. The molecular formula is C9H12N6O. The summed E-state index contributed by atoms with van der Waals surface area (Å²) in [7, 11) is 1.65. The molecule has 2 aromatic rings. The number of carbonyl (C=O) groups excluding carboxylic acids is 1. The summed E-state index contributed by atoms with van der Waals surface area (Å²) in [5.74, 6) is 0.132. The van der Waals surface area contributed by atoms with Gasteiger partial charge in [-0.25, -0.2) is 0 Å². The number of aromatic nitrogens is 4. The van der Waals surface area contributed by atoms with Gasteiger partial charge in [-0.15, -0.1) is 0 Å². The van der Waals surface area contributed by atoms with Gasteiger partial charge in [0.05, 0.1) is 11.9 Å². The zero-order valence-electron chi connectivity index (χ0n) is 8.98. The summed E-state index contributed by atoms with van der Waals surface area (Å²) in [6.07, 6.45) is 1.44. The third-order valence-corrected chi connectivity index (χ3v) is 2.13. The molecule has 1 amide bonds. The lowest BCUT2D eigenvalue weighted by molar-refractivity contribution is 0.101. The van der Waals surface area contributed by atoms with Crippen molar-refractivity contribution in [3.63, 3.8) is 0 Å². The van der Waals surface area contributed by atoms with Crippen LogP contribution in [0, 0.1) is 6.92 Å². The average molecular weight is 220 g/mol. The Balaban J connectivity index is 2.21. The predicted molar refractivity (Wildman–Crippen MR) is 58.9 cm³/mol. The van der Waals surface area contributed by atoms with Crippen LogP contribution in [0.2, 0.25) is 0 Å². The maximum Gasteiger partial charge on any atom is 0.277 e. The van der Waals surface area contributed by atoms with Gasteiger partial charge in [0, 0.05) is 18.8 Å². The van der Waals surface area contributed by atoms with Crippen molar-refractivity contribution in [2.24, 2.45) is 7.05 Å². The monoisotopic (exact) mass is 220 g/mol. The smallest absolute Gasteiger partial charge is 0.277 e. The van der Waals surface area contributed by atoms with Gasteiger partial charge in [0.15, 0.2) is 5.82 Å². The molecule has 4 N–H and O–H groups in total. The predicted octanol–water partition coefficient (Wildman–Crippen LogP) is 0.286. The van der Waals surface area contributed by atoms with Crippen molar-refractivity contribution in [1.29, 1.82) is 0 Å². The van der Waals surface area contributed by atoms with Gasteiger partial charge in [-0.05, 0) is 6.92 Å². The molecule has 0 fully saturated rings. The van der Waals surface area contributed by atoms with Crippen LogP contribution in [0.5, 0.6) is 0 Å². The fourth-order valence-electron chi connectivity index (χ4n) is 1.39. The number of nitrogens with one attached hydrogen (secondary N) is 2. The van der Waals surface area contributed by atoms with E-state index >= 15 is 0 Å². The van der Waals surface area contributed by atoms with Crippen LogP contribution in [0.15, 0.2) is 12.3 Å². The van der Waals surface area contributed by atoms with E-state index in [-0.39, 0.29) is 5.91 Å². The molecule has 0 radical (unpaired) electrons. The molecule has 16 heavy (non-hydrogen) atoms. The van der Waals surface area contributed by atoms with E-state index in [0.717, 1.165) is 5.69 Å². The van der Waals surface area contributed by atoms with Gasteiger partial charge in [-0.1, -0.05) is 0 Å². The lowest BCUT2D eigenvalue weighted by atomic mass is 10.3. The second-order valence-electron chi connectivity index (χ2n) is 3.46. The van der Waals surface area contributed by atoms with Crippen molar-refractivity contribution in [3.8, 4) is 0 Å².